The average Bonchev–Trinajstić information content (AvgIpc) is 3.38. The molecule has 0 saturated heterocycles. The van der Waals surface area contributed by atoms with Crippen molar-refractivity contribution >= 4 is 0 Å². The predicted molar refractivity (Wildman–Crippen MR) is 105 cm³/mol. The first-order valence-corrected chi connectivity index (χ1v) is 9.46. The molecule has 2 aromatic carbocycles. The highest BCUT2D eigenvalue weighted by molar-refractivity contribution is 5.54. The van der Waals surface area contributed by atoms with Gasteiger partial charge >= 0.3 is 0 Å². The Morgan fingerprint density at radius 3 is 2.75 bits per heavy atom. The number of hydrogen-bond acceptors (Lipinski definition) is 5. The van der Waals surface area contributed by atoms with Crippen LogP contribution in [0.4, 0.5) is 0 Å². The number of hydrogen-bond donors (Lipinski definition) is 1. The summed E-state index contributed by atoms with van der Waals surface area (Å²) in [6, 6.07) is 18.6. The van der Waals surface area contributed by atoms with Gasteiger partial charge in [0.2, 0.25) is 11.7 Å². The lowest BCUT2D eigenvalue weighted by Crippen LogP contribution is -2.34. The van der Waals surface area contributed by atoms with Gasteiger partial charge in [-0.3, -0.25) is 4.90 Å². The Balaban J connectivity index is 1.46. The van der Waals surface area contributed by atoms with Gasteiger partial charge < -0.3 is 9.51 Å². The summed E-state index contributed by atoms with van der Waals surface area (Å²) >= 11 is 0. The standard InChI is InChI=1S/C22H21N5O/c1-15-7-9-17(10-8-15)21-25-22(28-26-21)20-11-18-19(24-14-23-18)13-27(20)12-16-5-3-2-4-6-16/h2-10,14,20H,11-13H2,1H3,(H,23,24)/t20-/m0/s1. The van der Waals surface area contributed by atoms with E-state index in [0.717, 1.165) is 36.5 Å². The van der Waals surface area contributed by atoms with Crippen LogP contribution in [0.2, 0.25) is 0 Å². The number of nitrogens with one attached hydrogen (secondary N) is 1. The molecule has 4 aromatic rings. The molecule has 0 spiro atoms. The predicted octanol–water partition coefficient (Wildman–Crippen LogP) is 4.07. The minimum atomic E-state index is 0.00250. The van der Waals surface area contributed by atoms with E-state index in [9.17, 15) is 0 Å². The summed E-state index contributed by atoms with van der Waals surface area (Å²) in [4.78, 5) is 14.8. The number of benzene rings is 2. The summed E-state index contributed by atoms with van der Waals surface area (Å²) in [7, 11) is 0. The zero-order chi connectivity index (χ0) is 18.9. The molecule has 3 heterocycles. The monoisotopic (exact) mass is 371 g/mol. The number of aromatic nitrogens is 4. The third-order valence-corrected chi connectivity index (χ3v) is 5.26. The summed E-state index contributed by atoms with van der Waals surface area (Å²) in [5.74, 6) is 1.27. The second-order valence-electron chi connectivity index (χ2n) is 7.26. The molecule has 0 radical (unpaired) electrons. The van der Waals surface area contributed by atoms with Crippen LogP contribution in [0.15, 0.2) is 65.4 Å². The van der Waals surface area contributed by atoms with Crippen molar-refractivity contribution in [2.24, 2.45) is 0 Å². The molecule has 0 aliphatic carbocycles. The van der Waals surface area contributed by atoms with Crippen LogP contribution in [0.1, 0.15) is 34.4 Å². The quantitative estimate of drug-likeness (QED) is 0.586. The molecule has 1 atom stereocenters. The van der Waals surface area contributed by atoms with Crippen molar-refractivity contribution in [1.82, 2.24) is 25.0 Å². The maximum atomic E-state index is 5.71. The topological polar surface area (TPSA) is 70.8 Å². The normalized spacial score (nSPS) is 16.8. The molecule has 0 saturated carbocycles. The van der Waals surface area contributed by atoms with Gasteiger partial charge in [0, 0.05) is 25.1 Å². The van der Waals surface area contributed by atoms with E-state index in [1.807, 2.05) is 18.2 Å². The Hall–Kier alpha value is -3.25. The molecule has 1 aliphatic heterocycles. The first kappa shape index (κ1) is 16.9. The Morgan fingerprint density at radius 1 is 1.11 bits per heavy atom. The number of H-pyrrole nitrogens is 1. The number of nitrogens with zero attached hydrogens (tertiary/aromatic N) is 4. The van der Waals surface area contributed by atoms with E-state index in [1.54, 1.807) is 6.33 Å². The van der Waals surface area contributed by atoms with Crippen molar-refractivity contribution in [3.63, 3.8) is 0 Å². The molecule has 0 bridgehead atoms. The van der Waals surface area contributed by atoms with E-state index in [1.165, 1.54) is 11.1 Å². The van der Waals surface area contributed by atoms with Crippen LogP contribution in [0.3, 0.4) is 0 Å². The third-order valence-electron chi connectivity index (χ3n) is 5.26. The van der Waals surface area contributed by atoms with Crippen LogP contribution in [0.5, 0.6) is 0 Å². The number of rotatable bonds is 4. The Bertz CT molecular complexity index is 1070. The number of fused-ring (bicyclic) bond motifs is 1. The van der Waals surface area contributed by atoms with Crippen molar-refractivity contribution in [3.05, 3.63) is 89.3 Å². The molecule has 1 N–H and O–H groups in total. The van der Waals surface area contributed by atoms with Crippen LogP contribution >= 0.6 is 0 Å². The lowest BCUT2D eigenvalue weighted by Gasteiger charge is -2.32. The molecule has 5 rings (SSSR count). The largest absolute Gasteiger partial charge is 0.347 e. The van der Waals surface area contributed by atoms with Gasteiger partial charge in [0.15, 0.2) is 0 Å². The molecule has 0 fully saturated rings. The van der Waals surface area contributed by atoms with Crippen LogP contribution < -0.4 is 0 Å². The fourth-order valence-corrected chi connectivity index (χ4v) is 3.71. The number of imidazole rings is 1. The first-order chi connectivity index (χ1) is 13.8. The van der Waals surface area contributed by atoms with Crippen molar-refractivity contribution in [1.29, 1.82) is 0 Å². The van der Waals surface area contributed by atoms with Gasteiger partial charge in [0.25, 0.3) is 0 Å². The van der Waals surface area contributed by atoms with E-state index < -0.39 is 0 Å². The first-order valence-electron chi connectivity index (χ1n) is 9.46. The molecule has 0 unspecified atom stereocenters. The maximum Gasteiger partial charge on any atom is 0.244 e. The van der Waals surface area contributed by atoms with Gasteiger partial charge in [-0.25, -0.2) is 4.98 Å². The molecule has 2 aromatic heterocycles. The second-order valence-corrected chi connectivity index (χ2v) is 7.26. The fraction of sp³-hybridized carbons (Fsp3) is 0.227. The second kappa shape index (κ2) is 7.05. The molecule has 6 heteroatoms. The summed E-state index contributed by atoms with van der Waals surface area (Å²) in [5.41, 5.74) is 5.66. The van der Waals surface area contributed by atoms with E-state index in [2.05, 4.69) is 63.3 Å². The van der Waals surface area contributed by atoms with E-state index >= 15 is 0 Å². The molecule has 28 heavy (non-hydrogen) atoms. The zero-order valence-corrected chi connectivity index (χ0v) is 15.7. The Kier molecular flexibility index (Phi) is 4.25. The van der Waals surface area contributed by atoms with Crippen molar-refractivity contribution in [2.45, 2.75) is 32.5 Å². The lowest BCUT2D eigenvalue weighted by atomic mass is 10.0. The Labute approximate surface area is 163 Å². The minimum Gasteiger partial charge on any atom is -0.347 e. The smallest absolute Gasteiger partial charge is 0.244 e. The van der Waals surface area contributed by atoms with Crippen LogP contribution in [-0.2, 0) is 19.5 Å². The molecule has 1 aliphatic rings. The van der Waals surface area contributed by atoms with Gasteiger partial charge in [-0.05, 0) is 12.5 Å². The lowest BCUT2D eigenvalue weighted by molar-refractivity contribution is 0.128. The molecule has 0 amide bonds. The average molecular weight is 371 g/mol. The van der Waals surface area contributed by atoms with Crippen molar-refractivity contribution < 1.29 is 4.52 Å². The van der Waals surface area contributed by atoms with Crippen LogP contribution in [0.25, 0.3) is 11.4 Å². The van der Waals surface area contributed by atoms with Gasteiger partial charge in [-0.2, -0.15) is 4.98 Å². The van der Waals surface area contributed by atoms with Crippen molar-refractivity contribution in [3.8, 4) is 11.4 Å². The maximum absolute atomic E-state index is 5.71. The van der Waals surface area contributed by atoms with Crippen LogP contribution in [0, 0.1) is 6.92 Å². The minimum absolute atomic E-state index is 0.00250. The van der Waals surface area contributed by atoms with E-state index in [0.29, 0.717) is 11.7 Å². The fourth-order valence-electron chi connectivity index (χ4n) is 3.71. The molecule has 6 nitrogen and oxygen atoms in total. The van der Waals surface area contributed by atoms with E-state index in [-0.39, 0.29) is 6.04 Å². The highest BCUT2D eigenvalue weighted by Crippen LogP contribution is 2.33. The summed E-state index contributed by atoms with van der Waals surface area (Å²) in [6.45, 7) is 3.65. The number of aryl methyl sites for hydroxylation is 1. The molecule has 140 valence electrons. The van der Waals surface area contributed by atoms with Gasteiger partial charge in [0.1, 0.15) is 0 Å². The highest BCUT2D eigenvalue weighted by Gasteiger charge is 2.33. The summed E-state index contributed by atoms with van der Waals surface area (Å²) in [6.07, 6.45) is 2.51. The van der Waals surface area contributed by atoms with E-state index in [4.69, 9.17) is 9.51 Å². The van der Waals surface area contributed by atoms with Gasteiger partial charge in [-0.1, -0.05) is 65.3 Å². The zero-order valence-electron chi connectivity index (χ0n) is 15.7. The highest BCUT2D eigenvalue weighted by atomic mass is 16.5. The SMILES string of the molecule is Cc1ccc(-c2noc([C@@H]3Cc4nc[nH]c4CN3Cc3ccccc3)n2)cc1. The van der Waals surface area contributed by atoms with Gasteiger partial charge in [0.05, 0.1) is 23.8 Å². The molecular weight excluding hydrogens is 350 g/mol. The summed E-state index contributed by atoms with van der Waals surface area (Å²) < 4.78 is 5.71. The van der Waals surface area contributed by atoms with Crippen LogP contribution in [-0.4, -0.2) is 25.0 Å². The van der Waals surface area contributed by atoms with Gasteiger partial charge in [-0.15, -0.1) is 0 Å². The summed E-state index contributed by atoms with van der Waals surface area (Å²) in [5, 5.41) is 4.24. The van der Waals surface area contributed by atoms with Crippen molar-refractivity contribution in [2.75, 3.05) is 0 Å². The Morgan fingerprint density at radius 2 is 1.93 bits per heavy atom. The molecular formula is C22H21N5O. The number of aromatic amines is 1. The third kappa shape index (κ3) is 3.23.